The molecule has 1 aromatic carbocycles. The number of hydrogen-bond donors (Lipinski definition) is 1. The van der Waals surface area contributed by atoms with Gasteiger partial charge in [0, 0.05) is 17.5 Å². The Hall–Kier alpha value is -1.98. The summed E-state index contributed by atoms with van der Waals surface area (Å²) in [7, 11) is 0. The minimum Gasteiger partial charge on any atom is -0.298 e. The van der Waals surface area contributed by atoms with Crippen LogP contribution in [-0.2, 0) is 11.2 Å². The van der Waals surface area contributed by atoms with Crippen LogP contribution in [0.15, 0.2) is 30.3 Å². The minimum atomic E-state index is -0.293. The molecule has 1 aliphatic carbocycles. The zero-order chi connectivity index (χ0) is 15.5. The van der Waals surface area contributed by atoms with Crippen molar-refractivity contribution in [3.05, 3.63) is 51.5 Å². The first kappa shape index (κ1) is 14.9. The van der Waals surface area contributed by atoms with E-state index in [4.69, 9.17) is 11.6 Å². The van der Waals surface area contributed by atoms with Crippen LogP contribution in [0.2, 0.25) is 5.02 Å². The number of halogens is 1. The van der Waals surface area contributed by atoms with E-state index >= 15 is 0 Å². The molecule has 1 N–H and O–H groups in total. The average Bonchev–Trinajstić information content (AvgIpc) is 2.90. The number of carbonyl (C=O) groups is 2. The Morgan fingerprint density at radius 3 is 2.91 bits per heavy atom. The molecular weight excluding hydrogens is 320 g/mol. The highest BCUT2D eigenvalue weighted by Crippen LogP contribution is 2.29. The number of fused-ring (bicyclic) bond motifs is 1. The van der Waals surface area contributed by atoms with Crippen LogP contribution in [0, 0.1) is 0 Å². The molecule has 0 spiro atoms. The molecule has 112 valence electrons. The summed E-state index contributed by atoms with van der Waals surface area (Å²) in [5.74, 6) is -0.177. The first-order valence-corrected chi connectivity index (χ1v) is 8.09. The lowest BCUT2D eigenvalue weighted by atomic mass is 10.0. The molecule has 2 aromatic rings. The maximum Gasteiger partial charge on any atom is 0.250 e. The second-order valence-corrected chi connectivity index (χ2v) is 6.32. The molecule has 0 unspecified atom stereocenters. The fourth-order valence-corrected chi connectivity index (χ4v) is 3.43. The van der Waals surface area contributed by atoms with Gasteiger partial charge in [-0.1, -0.05) is 41.1 Å². The van der Waals surface area contributed by atoms with E-state index in [2.05, 4.69) is 10.3 Å². The number of benzene rings is 1. The number of thiazole rings is 1. The van der Waals surface area contributed by atoms with E-state index in [0.29, 0.717) is 21.5 Å². The van der Waals surface area contributed by atoms with Crippen molar-refractivity contribution in [2.75, 3.05) is 5.32 Å². The molecule has 0 radical (unpaired) electrons. The highest BCUT2D eigenvalue weighted by molar-refractivity contribution is 7.17. The zero-order valence-electron chi connectivity index (χ0n) is 11.6. The standard InChI is InChI=1S/C16H13ClN2O2S/c17-11-5-2-1-4-10(11)8-9-14(21)19-16-18-12-6-3-7-13(20)15(12)22-16/h1-2,4-5,8-9H,3,6-7H2,(H,18,19,21)/b9-8+. The number of nitrogens with one attached hydrogen (secondary N) is 1. The predicted octanol–water partition coefficient (Wildman–Crippen LogP) is 3.97. The summed E-state index contributed by atoms with van der Waals surface area (Å²) in [5.41, 5.74) is 1.57. The largest absolute Gasteiger partial charge is 0.298 e. The molecule has 3 rings (SSSR count). The molecule has 0 saturated heterocycles. The topological polar surface area (TPSA) is 59.1 Å². The Balaban J connectivity index is 1.70. The van der Waals surface area contributed by atoms with Gasteiger partial charge in [-0.05, 0) is 30.5 Å². The molecular formula is C16H13ClN2O2S. The Morgan fingerprint density at radius 2 is 2.14 bits per heavy atom. The molecule has 6 heteroatoms. The molecule has 4 nitrogen and oxygen atoms in total. The predicted molar refractivity (Wildman–Crippen MR) is 88.5 cm³/mol. The van der Waals surface area contributed by atoms with E-state index in [0.717, 1.165) is 24.1 Å². The number of aromatic nitrogens is 1. The smallest absolute Gasteiger partial charge is 0.250 e. The van der Waals surface area contributed by atoms with Crippen molar-refractivity contribution in [2.24, 2.45) is 0 Å². The third-order valence-corrected chi connectivity index (χ3v) is 4.72. The van der Waals surface area contributed by atoms with Gasteiger partial charge in [-0.2, -0.15) is 0 Å². The van der Waals surface area contributed by atoms with E-state index in [-0.39, 0.29) is 11.7 Å². The van der Waals surface area contributed by atoms with Crippen LogP contribution in [0.5, 0.6) is 0 Å². The average molecular weight is 333 g/mol. The number of nitrogens with zero attached hydrogens (tertiary/aromatic N) is 1. The van der Waals surface area contributed by atoms with Crippen molar-refractivity contribution >= 4 is 45.8 Å². The summed E-state index contributed by atoms with van der Waals surface area (Å²) in [6.07, 6.45) is 5.24. The summed E-state index contributed by atoms with van der Waals surface area (Å²) in [4.78, 5) is 28.7. The second kappa shape index (κ2) is 6.42. The number of rotatable bonds is 3. The Labute approximate surface area is 136 Å². The number of aryl methyl sites for hydroxylation is 1. The number of Topliss-reactive ketones (excluding diaryl/α,β-unsaturated/α-hetero) is 1. The van der Waals surface area contributed by atoms with E-state index in [1.165, 1.54) is 17.4 Å². The Morgan fingerprint density at radius 1 is 1.32 bits per heavy atom. The fourth-order valence-electron chi connectivity index (χ4n) is 2.25. The van der Waals surface area contributed by atoms with Gasteiger partial charge in [0.15, 0.2) is 10.9 Å². The number of carbonyl (C=O) groups excluding carboxylic acids is 2. The van der Waals surface area contributed by atoms with Crippen LogP contribution < -0.4 is 5.32 Å². The molecule has 1 aromatic heterocycles. The van der Waals surface area contributed by atoms with Crippen LogP contribution in [0.1, 0.15) is 33.8 Å². The summed E-state index contributed by atoms with van der Waals surface area (Å²) in [6, 6.07) is 7.27. The number of ketones is 1. The maximum atomic E-state index is 11.9. The van der Waals surface area contributed by atoms with Gasteiger partial charge in [0.25, 0.3) is 0 Å². The van der Waals surface area contributed by atoms with Crippen LogP contribution in [0.4, 0.5) is 5.13 Å². The number of amides is 1. The van der Waals surface area contributed by atoms with Gasteiger partial charge in [-0.15, -0.1) is 0 Å². The van der Waals surface area contributed by atoms with Gasteiger partial charge in [-0.3, -0.25) is 14.9 Å². The van der Waals surface area contributed by atoms with E-state index in [1.807, 2.05) is 18.2 Å². The first-order chi connectivity index (χ1) is 10.6. The summed E-state index contributed by atoms with van der Waals surface area (Å²) >= 11 is 7.27. The Kier molecular flexibility index (Phi) is 4.36. The van der Waals surface area contributed by atoms with Crippen molar-refractivity contribution in [1.82, 2.24) is 4.98 Å². The molecule has 0 bridgehead atoms. The molecule has 0 atom stereocenters. The van der Waals surface area contributed by atoms with E-state index in [9.17, 15) is 9.59 Å². The van der Waals surface area contributed by atoms with E-state index in [1.54, 1.807) is 12.1 Å². The van der Waals surface area contributed by atoms with Crippen LogP contribution >= 0.6 is 22.9 Å². The normalized spacial score (nSPS) is 14.1. The van der Waals surface area contributed by atoms with Crippen molar-refractivity contribution in [3.8, 4) is 0 Å². The van der Waals surface area contributed by atoms with Crippen molar-refractivity contribution in [3.63, 3.8) is 0 Å². The SMILES string of the molecule is O=C(/C=C/c1ccccc1Cl)Nc1nc2c(s1)C(=O)CCC2. The third-order valence-electron chi connectivity index (χ3n) is 3.32. The van der Waals surface area contributed by atoms with Gasteiger partial charge in [0.05, 0.1) is 10.6 Å². The summed E-state index contributed by atoms with van der Waals surface area (Å²) in [5, 5.41) is 3.75. The monoisotopic (exact) mass is 332 g/mol. The van der Waals surface area contributed by atoms with Gasteiger partial charge in [0.2, 0.25) is 5.91 Å². The molecule has 1 amide bonds. The number of anilines is 1. The Bertz CT molecular complexity index is 767. The molecule has 1 aliphatic rings. The lowest BCUT2D eigenvalue weighted by Crippen LogP contribution is -2.08. The van der Waals surface area contributed by atoms with Crippen molar-refractivity contribution in [2.45, 2.75) is 19.3 Å². The third kappa shape index (κ3) is 3.26. The quantitative estimate of drug-likeness (QED) is 0.865. The molecule has 1 heterocycles. The first-order valence-electron chi connectivity index (χ1n) is 6.90. The van der Waals surface area contributed by atoms with Gasteiger partial charge in [0.1, 0.15) is 0 Å². The molecule has 0 aliphatic heterocycles. The van der Waals surface area contributed by atoms with Gasteiger partial charge >= 0.3 is 0 Å². The van der Waals surface area contributed by atoms with Crippen LogP contribution in [0.25, 0.3) is 6.08 Å². The van der Waals surface area contributed by atoms with Gasteiger partial charge < -0.3 is 0 Å². The summed E-state index contributed by atoms with van der Waals surface area (Å²) in [6.45, 7) is 0. The molecule has 22 heavy (non-hydrogen) atoms. The highest BCUT2D eigenvalue weighted by Gasteiger charge is 2.22. The van der Waals surface area contributed by atoms with E-state index < -0.39 is 0 Å². The summed E-state index contributed by atoms with van der Waals surface area (Å²) < 4.78 is 0. The molecule has 0 saturated carbocycles. The maximum absolute atomic E-state index is 11.9. The minimum absolute atomic E-state index is 0.117. The highest BCUT2D eigenvalue weighted by atomic mass is 35.5. The van der Waals surface area contributed by atoms with Gasteiger partial charge in [-0.25, -0.2) is 4.98 Å². The lowest BCUT2D eigenvalue weighted by molar-refractivity contribution is -0.111. The zero-order valence-corrected chi connectivity index (χ0v) is 13.2. The lowest BCUT2D eigenvalue weighted by Gasteiger charge is -2.05. The van der Waals surface area contributed by atoms with Crippen molar-refractivity contribution < 1.29 is 9.59 Å². The van der Waals surface area contributed by atoms with Crippen LogP contribution in [-0.4, -0.2) is 16.7 Å². The van der Waals surface area contributed by atoms with Crippen molar-refractivity contribution in [1.29, 1.82) is 0 Å². The number of hydrogen-bond acceptors (Lipinski definition) is 4. The molecule has 0 fully saturated rings. The second-order valence-electron chi connectivity index (χ2n) is 4.92. The fraction of sp³-hybridized carbons (Fsp3) is 0.188. The van der Waals surface area contributed by atoms with Crippen LogP contribution in [0.3, 0.4) is 0 Å².